The molecule has 1 aliphatic carbocycles. The van der Waals surface area contributed by atoms with Crippen LogP contribution in [0, 0.1) is 6.92 Å². The summed E-state index contributed by atoms with van der Waals surface area (Å²) in [6.45, 7) is 2.00. The van der Waals surface area contributed by atoms with Crippen molar-refractivity contribution in [2.24, 2.45) is 5.84 Å². The maximum absolute atomic E-state index is 5.77. The number of nitrogens with one attached hydrogen (secondary N) is 1. The van der Waals surface area contributed by atoms with Gasteiger partial charge in [0.15, 0.2) is 0 Å². The zero-order valence-corrected chi connectivity index (χ0v) is 11.8. The van der Waals surface area contributed by atoms with Gasteiger partial charge in [-0.2, -0.15) is 0 Å². The van der Waals surface area contributed by atoms with E-state index >= 15 is 0 Å². The number of benzene rings is 1. The van der Waals surface area contributed by atoms with E-state index in [1.165, 1.54) is 30.4 Å². The van der Waals surface area contributed by atoms with E-state index in [-0.39, 0.29) is 6.04 Å². The molecule has 1 unspecified atom stereocenters. The van der Waals surface area contributed by atoms with Crippen molar-refractivity contribution in [1.82, 2.24) is 10.4 Å². The molecule has 1 fully saturated rings. The maximum Gasteiger partial charge on any atom is 0.0881 e. The van der Waals surface area contributed by atoms with Gasteiger partial charge in [-0.05, 0) is 48.9 Å². The lowest BCUT2D eigenvalue weighted by molar-refractivity contribution is 0.419. The summed E-state index contributed by atoms with van der Waals surface area (Å²) in [7, 11) is 0. The van der Waals surface area contributed by atoms with Gasteiger partial charge in [0.1, 0.15) is 0 Å². The van der Waals surface area contributed by atoms with Crippen molar-refractivity contribution in [3.63, 3.8) is 0 Å². The molecule has 0 amide bonds. The van der Waals surface area contributed by atoms with E-state index < -0.39 is 0 Å². The standard InChI is InChI=1S/C17H21N3/c1-12-5-2-10-16(19-12)17(20-18)15-9-4-8-14(11-15)13-6-3-7-13/h2,4-5,8-11,13,17,20H,3,6-7,18H2,1H3. The summed E-state index contributed by atoms with van der Waals surface area (Å²) in [5.74, 6) is 6.50. The van der Waals surface area contributed by atoms with E-state index in [2.05, 4.69) is 34.7 Å². The number of aromatic nitrogens is 1. The molecule has 0 saturated heterocycles. The fourth-order valence-corrected chi connectivity index (χ4v) is 2.81. The van der Waals surface area contributed by atoms with Gasteiger partial charge in [-0.3, -0.25) is 10.8 Å². The molecular formula is C17H21N3. The number of aryl methyl sites for hydroxylation is 1. The second-order valence-electron chi connectivity index (χ2n) is 5.60. The van der Waals surface area contributed by atoms with Crippen LogP contribution in [0.15, 0.2) is 42.5 Å². The van der Waals surface area contributed by atoms with Gasteiger partial charge in [0.05, 0.1) is 11.7 Å². The van der Waals surface area contributed by atoms with Crippen molar-refractivity contribution in [1.29, 1.82) is 0 Å². The Balaban J connectivity index is 1.92. The largest absolute Gasteiger partial charge is 0.271 e. The molecule has 3 rings (SSSR count). The summed E-state index contributed by atoms with van der Waals surface area (Å²) in [6, 6.07) is 14.8. The van der Waals surface area contributed by atoms with Gasteiger partial charge in [0.2, 0.25) is 0 Å². The van der Waals surface area contributed by atoms with Crippen molar-refractivity contribution in [3.05, 3.63) is 65.0 Å². The van der Waals surface area contributed by atoms with Crippen LogP contribution in [0.3, 0.4) is 0 Å². The highest BCUT2D eigenvalue weighted by Crippen LogP contribution is 2.37. The Morgan fingerprint density at radius 1 is 1.20 bits per heavy atom. The van der Waals surface area contributed by atoms with Crippen molar-refractivity contribution < 1.29 is 0 Å². The topological polar surface area (TPSA) is 50.9 Å². The fraction of sp³-hybridized carbons (Fsp3) is 0.353. The smallest absolute Gasteiger partial charge is 0.0881 e. The summed E-state index contributed by atoms with van der Waals surface area (Å²) in [5, 5.41) is 0. The number of hydrogen-bond donors (Lipinski definition) is 2. The minimum absolute atomic E-state index is 0.0464. The molecule has 3 N–H and O–H groups in total. The van der Waals surface area contributed by atoms with Gasteiger partial charge in [-0.25, -0.2) is 5.43 Å². The quantitative estimate of drug-likeness (QED) is 0.660. The van der Waals surface area contributed by atoms with E-state index in [0.717, 1.165) is 17.3 Å². The van der Waals surface area contributed by atoms with E-state index in [1.54, 1.807) is 0 Å². The molecule has 1 aliphatic rings. The number of hydrogen-bond acceptors (Lipinski definition) is 3. The minimum atomic E-state index is -0.0464. The lowest BCUT2D eigenvalue weighted by Gasteiger charge is -2.27. The second kappa shape index (κ2) is 5.73. The van der Waals surface area contributed by atoms with E-state index in [1.807, 2.05) is 25.1 Å². The summed E-state index contributed by atoms with van der Waals surface area (Å²) in [6.07, 6.45) is 3.98. The molecule has 104 valence electrons. The highest BCUT2D eigenvalue weighted by atomic mass is 15.2. The Morgan fingerprint density at radius 3 is 2.65 bits per heavy atom. The Hall–Kier alpha value is -1.71. The molecule has 1 heterocycles. The monoisotopic (exact) mass is 267 g/mol. The zero-order chi connectivity index (χ0) is 13.9. The molecule has 0 aliphatic heterocycles. The third-order valence-corrected chi connectivity index (χ3v) is 4.19. The first-order chi connectivity index (χ1) is 9.78. The number of rotatable bonds is 4. The first kappa shape index (κ1) is 13.3. The molecule has 1 saturated carbocycles. The summed E-state index contributed by atoms with van der Waals surface area (Å²) in [5.41, 5.74) is 7.51. The number of nitrogens with zero attached hydrogens (tertiary/aromatic N) is 1. The molecule has 3 heteroatoms. The Bertz CT molecular complexity index is 590. The van der Waals surface area contributed by atoms with E-state index in [0.29, 0.717) is 0 Å². The van der Waals surface area contributed by atoms with Crippen molar-refractivity contribution in [2.45, 2.75) is 38.1 Å². The molecule has 0 radical (unpaired) electrons. The second-order valence-corrected chi connectivity index (χ2v) is 5.60. The Kier molecular flexibility index (Phi) is 3.81. The Morgan fingerprint density at radius 2 is 2.00 bits per heavy atom. The van der Waals surface area contributed by atoms with E-state index in [9.17, 15) is 0 Å². The van der Waals surface area contributed by atoms with Gasteiger partial charge in [-0.15, -0.1) is 0 Å². The lowest BCUT2D eigenvalue weighted by atomic mass is 9.79. The van der Waals surface area contributed by atoms with Crippen LogP contribution >= 0.6 is 0 Å². The number of hydrazine groups is 1. The van der Waals surface area contributed by atoms with Gasteiger partial charge in [0.25, 0.3) is 0 Å². The molecular weight excluding hydrogens is 246 g/mol. The fourth-order valence-electron chi connectivity index (χ4n) is 2.81. The zero-order valence-electron chi connectivity index (χ0n) is 11.8. The molecule has 1 aromatic carbocycles. The van der Waals surface area contributed by atoms with Crippen molar-refractivity contribution in [3.8, 4) is 0 Å². The average molecular weight is 267 g/mol. The first-order valence-corrected chi connectivity index (χ1v) is 7.27. The molecule has 3 nitrogen and oxygen atoms in total. The summed E-state index contributed by atoms with van der Waals surface area (Å²) >= 11 is 0. The maximum atomic E-state index is 5.77. The van der Waals surface area contributed by atoms with Crippen molar-refractivity contribution in [2.75, 3.05) is 0 Å². The molecule has 1 aromatic heterocycles. The third-order valence-electron chi connectivity index (χ3n) is 4.19. The van der Waals surface area contributed by atoms with Crippen LogP contribution in [0.25, 0.3) is 0 Å². The normalized spacial score (nSPS) is 16.7. The first-order valence-electron chi connectivity index (χ1n) is 7.27. The number of pyridine rings is 1. The number of nitrogens with two attached hydrogens (primary N) is 1. The highest BCUT2D eigenvalue weighted by molar-refractivity contribution is 5.34. The molecule has 2 aromatic rings. The summed E-state index contributed by atoms with van der Waals surface area (Å²) in [4.78, 5) is 4.59. The Labute approximate surface area is 120 Å². The molecule has 20 heavy (non-hydrogen) atoms. The predicted molar refractivity (Wildman–Crippen MR) is 81.2 cm³/mol. The summed E-state index contributed by atoms with van der Waals surface area (Å²) < 4.78 is 0. The van der Waals surface area contributed by atoms with Crippen LogP contribution in [0.2, 0.25) is 0 Å². The van der Waals surface area contributed by atoms with Gasteiger partial charge >= 0.3 is 0 Å². The van der Waals surface area contributed by atoms with Gasteiger partial charge in [-0.1, -0.05) is 36.8 Å². The predicted octanol–water partition coefficient (Wildman–Crippen LogP) is 3.21. The highest BCUT2D eigenvalue weighted by Gasteiger charge is 2.21. The van der Waals surface area contributed by atoms with Crippen LogP contribution in [0.5, 0.6) is 0 Å². The minimum Gasteiger partial charge on any atom is -0.271 e. The van der Waals surface area contributed by atoms with Crippen LogP contribution in [-0.2, 0) is 0 Å². The van der Waals surface area contributed by atoms with E-state index in [4.69, 9.17) is 5.84 Å². The van der Waals surface area contributed by atoms with Gasteiger partial charge < -0.3 is 0 Å². The molecule has 0 spiro atoms. The molecule has 0 bridgehead atoms. The SMILES string of the molecule is Cc1cccc(C(NN)c2cccc(C3CCC3)c2)n1. The van der Waals surface area contributed by atoms with Crippen LogP contribution in [-0.4, -0.2) is 4.98 Å². The molecule has 1 atom stereocenters. The lowest BCUT2D eigenvalue weighted by Crippen LogP contribution is -2.29. The van der Waals surface area contributed by atoms with Gasteiger partial charge in [0, 0.05) is 5.69 Å². The van der Waals surface area contributed by atoms with Crippen LogP contribution in [0.4, 0.5) is 0 Å². The average Bonchev–Trinajstić information content (AvgIpc) is 2.38. The van der Waals surface area contributed by atoms with Crippen LogP contribution < -0.4 is 11.3 Å². The third kappa shape index (κ3) is 2.60. The van der Waals surface area contributed by atoms with Crippen LogP contribution in [0.1, 0.15) is 53.7 Å². The van der Waals surface area contributed by atoms with Crippen molar-refractivity contribution >= 4 is 0 Å².